The molecule has 0 fully saturated rings. The van der Waals surface area contributed by atoms with Gasteiger partial charge >= 0.3 is 0 Å². The molecule has 0 unspecified atom stereocenters. The van der Waals surface area contributed by atoms with Gasteiger partial charge in [0.2, 0.25) is 0 Å². The molecule has 5 rings (SSSR count). The minimum absolute atomic E-state index is 0.171. The zero-order valence-corrected chi connectivity index (χ0v) is 20.6. The number of para-hydroxylation sites is 2. The minimum Gasteiger partial charge on any atom is -0.497 e. The fourth-order valence-corrected chi connectivity index (χ4v) is 4.74. The molecule has 4 aromatic rings. The fourth-order valence-electron chi connectivity index (χ4n) is 4.74. The molecule has 186 valence electrons. The summed E-state index contributed by atoms with van der Waals surface area (Å²) in [7, 11) is 3.12. The third kappa shape index (κ3) is 4.40. The lowest BCUT2D eigenvalue weighted by Gasteiger charge is -2.29. The van der Waals surface area contributed by atoms with Crippen LogP contribution in [0.15, 0.2) is 84.9 Å². The van der Waals surface area contributed by atoms with E-state index in [1.54, 1.807) is 61.6 Å². The Labute approximate surface area is 214 Å². The summed E-state index contributed by atoms with van der Waals surface area (Å²) in [4.78, 5) is 43.0. The number of anilines is 1. The first-order valence-electron chi connectivity index (χ1n) is 12.0. The van der Waals surface area contributed by atoms with E-state index in [1.807, 2.05) is 42.5 Å². The van der Waals surface area contributed by atoms with Crippen molar-refractivity contribution in [3.63, 3.8) is 0 Å². The van der Waals surface area contributed by atoms with Gasteiger partial charge in [0.25, 0.3) is 17.7 Å². The van der Waals surface area contributed by atoms with Crippen LogP contribution in [0.1, 0.15) is 37.5 Å². The van der Waals surface area contributed by atoms with Gasteiger partial charge in [0.1, 0.15) is 11.5 Å². The molecule has 0 aliphatic carbocycles. The number of hydrogen-bond acceptors (Lipinski definition) is 5. The first-order valence-corrected chi connectivity index (χ1v) is 12.0. The van der Waals surface area contributed by atoms with Crippen molar-refractivity contribution in [2.75, 3.05) is 32.2 Å². The number of hydrogen-bond donors (Lipinski definition) is 0. The molecule has 7 nitrogen and oxygen atoms in total. The Morgan fingerprint density at radius 1 is 0.784 bits per heavy atom. The van der Waals surface area contributed by atoms with Gasteiger partial charge in [0, 0.05) is 35.2 Å². The molecule has 0 atom stereocenters. The fraction of sp³-hybridized carbons (Fsp3) is 0.167. The van der Waals surface area contributed by atoms with Gasteiger partial charge in [-0.25, -0.2) is 0 Å². The van der Waals surface area contributed by atoms with Crippen molar-refractivity contribution in [2.45, 2.75) is 6.42 Å². The molecule has 1 heterocycles. The van der Waals surface area contributed by atoms with Crippen LogP contribution in [0.25, 0.3) is 10.8 Å². The average molecular weight is 495 g/mol. The summed E-state index contributed by atoms with van der Waals surface area (Å²) < 4.78 is 10.7. The molecule has 1 aliphatic heterocycles. The Morgan fingerprint density at radius 3 is 2.05 bits per heavy atom. The van der Waals surface area contributed by atoms with Crippen molar-refractivity contribution in [3.05, 3.63) is 102 Å². The van der Waals surface area contributed by atoms with Crippen LogP contribution >= 0.6 is 0 Å². The summed E-state index contributed by atoms with van der Waals surface area (Å²) in [5.41, 5.74) is 2.13. The van der Waals surface area contributed by atoms with Crippen LogP contribution in [0, 0.1) is 0 Å². The number of carbonyl (C=O) groups excluding carboxylic acids is 3. The Morgan fingerprint density at radius 2 is 1.43 bits per heavy atom. The highest BCUT2D eigenvalue weighted by atomic mass is 16.5. The van der Waals surface area contributed by atoms with E-state index >= 15 is 0 Å². The first kappa shape index (κ1) is 24.1. The monoisotopic (exact) mass is 494 g/mol. The van der Waals surface area contributed by atoms with E-state index in [0.29, 0.717) is 45.7 Å². The Hall–Kier alpha value is -4.65. The van der Waals surface area contributed by atoms with E-state index < -0.39 is 0 Å². The number of nitrogens with zero attached hydrogens (tertiary/aromatic N) is 2. The predicted octanol–water partition coefficient (Wildman–Crippen LogP) is 5.19. The van der Waals surface area contributed by atoms with Gasteiger partial charge in [-0.2, -0.15) is 0 Å². The lowest BCUT2D eigenvalue weighted by atomic mass is 9.94. The van der Waals surface area contributed by atoms with Crippen LogP contribution in [0.5, 0.6) is 11.5 Å². The van der Waals surface area contributed by atoms with Crippen LogP contribution in [0.2, 0.25) is 0 Å². The van der Waals surface area contributed by atoms with E-state index in [9.17, 15) is 14.4 Å². The van der Waals surface area contributed by atoms with Crippen LogP contribution in [-0.2, 0) is 0 Å². The molecular weight excluding hydrogens is 468 g/mol. The zero-order chi connectivity index (χ0) is 25.9. The van der Waals surface area contributed by atoms with Crippen LogP contribution in [0.4, 0.5) is 5.69 Å². The van der Waals surface area contributed by atoms with Crippen molar-refractivity contribution in [3.8, 4) is 11.5 Å². The number of carbonyl (C=O) groups is 3. The average Bonchev–Trinajstić information content (AvgIpc) is 2.95. The van der Waals surface area contributed by atoms with Crippen molar-refractivity contribution < 1.29 is 23.9 Å². The van der Waals surface area contributed by atoms with Crippen LogP contribution in [-0.4, -0.2) is 49.9 Å². The second-order valence-corrected chi connectivity index (χ2v) is 8.68. The number of rotatable bonds is 8. The smallest absolute Gasteiger partial charge is 0.261 e. The summed E-state index contributed by atoms with van der Waals surface area (Å²) in [5, 5.41) is 1.56. The molecule has 0 saturated heterocycles. The Balaban J connectivity index is 1.40. The molecule has 3 amide bonds. The van der Waals surface area contributed by atoms with Gasteiger partial charge in [-0.1, -0.05) is 36.4 Å². The largest absolute Gasteiger partial charge is 0.497 e. The summed E-state index contributed by atoms with van der Waals surface area (Å²) in [6.07, 6.45) is 0.384. The number of ether oxygens (including phenoxy) is 2. The molecule has 1 aliphatic rings. The normalized spacial score (nSPS) is 12.5. The molecule has 0 bridgehead atoms. The topological polar surface area (TPSA) is 76.2 Å². The highest BCUT2D eigenvalue weighted by Gasteiger charge is 2.32. The van der Waals surface area contributed by atoms with Crippen molar-refractivity contribution in [1.82, 2.24) is 4.90 Å². The van der Waals surface area contributed by atoms with Gasteiger partial charge in [0.05, 0.1) is 19.9 Å². The molecule has 7 heteroatoms. The second kappa shape index (κ2) is 10.1. The van der Waals surface area contributed by atoms with E-state index in [0.717, 1.165) is 5.39 Å². The number of amides is 3. The van der Waals surface area contributed by atoms with Gasteiger partial charge < -0.3 is 14.4 Å². The molecule has 37 heavy (non-hydrogen) atoms. The lowest BCUT2D eigenvalue weighted by molar-refractivity contribution is 0.0610. The number of benzene rings is 4. The second-order valence-electron chi connectivity index (χ2n) is 8.68. The molecule has 0 saturated carbocycles. The summed E-state index contributed by atoms with van der Waals surface area (Å²) in [6.45, 7) is 0.443. The van der Waals surface area contributed by atoms with Crippen molar-refractivity contribution >= 4 is 34.2 Å². The van der Waals surface area contributed by atoms with Crippen LogP contribution < -0.4 is 14.4 Å². The summed E-state index contributed by atoms with van der Waals surface area (Å²) >= 11 is 0. The Bertz CT molecular complexity index is 1450. The molecular formula is C30H26N2O5. The SMILES string of the molecule is COc1ccc(C(=O)N(CCCN2C(=O)c3cccc4cccc(c34)C2=O)c2ccccc2OC)cc1. The third-order valence-electron chi connectivity index (χ3n) is 6.58. The maximum Gasteiger partial charge on any atom is 0.261 e. The van der Waals surface area contributed by atoms with Gasteiger partial charge in [0.15, 0.2) is 0 Å². The van der Waals surface area contributed by atoms with Gasteiger partial charge in [-0.05, 0) is 60.3 Å². The van der Waals surface area contributed by atoms with E-state index in [2.05, 4.69) is 0 Å². The maximum absolute atomic E-state index is 13.6. The van der Waals surface area contributed by atoms with Gasteiger partial charge in [-0.3, -0.25) is 19.3 Å². The molecule has 0 aromatic heterocycles. The van der Waals surface area contributed by atoms with Gasteiger partial charge in [-0.15, -0.1) is 0 Å². The van der Waals surface area contributed by atoms with E-state index in [1.165, 1.54) is 4.90 Å². The summed E-state index contributed by atoms with van der Waals surface area (Å²) in [6, 6.07) is 25.1. The number of imide groups is 1. The summed E-state index contributed by atoms with van der Waals surface area (Å²) in [5.74, 6) is 0.339. The minimum atomic E-state index is -0.320. The third-order valence-corrected chi connectivity index (χ3v) is 6.58. The highest BCUT2D eigenvalue weighted by molar-refractivity contribution is 6.25. The van der Waals surface area contributed by atoms with Crippen molar-refractivity contribution in [2.24, 2.45) is 0 Å². The molecule has 4 aromatic carbocycles. The predicted molar refractivity (Wildman–Crippen MR) is 142 cm³/mol. The van der Waals surface area contributed by atoms with Crippen molar-refractivity contribution in [1.29, 1.82) is 0 Å². The van der Waals surface area contributed by atoms with Crippen LogP contribution in [0.3, 0.4) is 0 Å². The standard InChI is InChI=1S/C30H26N2O5/c1-36-22-16-14-21(15-17-22)28(33)31(25-12-3-4-13-26(25)37-2)18-7-19-32-29(34)23-10-5-8-20-9-6-11-24(27(20)23)30(32)35/h3-6,8-17H,7,18-19H2,1-2H3. The first-order chi connectivity index (χ1) is 18.0. The molecule has 0 spiro atoms. The Kier molecular flexibility index (Phi) is 6.60. The molecule has 0 N–H and O–H groups in total. The van der Waals surface area contributed by atoms with E-state index in [4.69, 9.17) is 9.47 Å². The lowest BCUT2D eigenvalue weighted by Crippen LogP contribution is -2.42. The molecule has 0 radical (unpaired) electrons. The maximum atomic E-state index is 13.6. The zero-order valence-electron chi connectivity index (χ0n) is 20.6. The quantitative estimate of drug-likeness (QED) is 0.315. The number of methoxy groups -OCH3 is 2. The highest BCUT2D eigenvalue weighted by Crippen LogP contribution is 2.32. The van der Waals surface area contributed by atoms with E-state index in [-0.39, 0.29) is 30.8 Å².